The molecule has 2 aliphatic rings. The van der Waals surface area contributed by atoms with Gasteiger partial charge < -0.3 is 30.2 Å². The van der Waals surface area contributed by atoms with E-state index in [-0.39, 0.29) is 45.4 Å². The summed E-state index contributed by atoms with van der Waals surface area (Å²) in [5, 5.41) is 40.9. The number of aliphatic hydroxyl groups excluding tert-OH is 3. The minimum atomic E-state index is -1.70. The largest absolute Gasteiger partial charge is 0.395 e. The topological polar surface area (TPSA) is 117 Å². The molecule has 4 N–H and O–H groups in total. The van der Waals surface area contributed by atoms with Crippen LogP contribution in [0.4, 0.5) is 0 Å². The predicted octanol–water partition coefficient (Wildman–Crippen LogP) is 0.0679. The molecule has 158 valence electrons. The molecule has 0 fully saturated rings. The molecular formula is C22H25N3O5. The number of hydrogen-bond donors (Lipinski definition) is 4. The Bertz CT molecular complexity index is 979. The first-order valence-corrected chi connectivity index (χ1v) is 9.96. The molecule has 0 aliphatic carbocycles. The summed E-state index contributed by atoms with van der Waals surface area (Å²) in [7, 11) is 0. The summed E-state index contributed by atoms with van der Waals surface area (Å²) in [6.07, 6.45) is 0. The Balaban J connectivity index is 1.95. The van der Waals surface area contributed by atoms with E-state index < -0.39 is 11.8 Å². The van der Waals surface area contributed by atoms with Crippen molar-refractivity contribution < 1.29 is 25.2 Å². The normalized spacial score (nSPS) is 23.9. The Morgan fingerprint density at radius 2 is 1.57 bits per heavy atom. The molecule has 0 radical (unpaired) electrons. The third-order valence-corrected chi connectivity index (χ3v) is 5.70. The van der Waals surface area contributed by atoms with Crippen LogP contribution in [-0.2, 0) is 5.72 Å². The van der Waals surface area contributed by atoms with E-state index in [0.29, 0.717) is 28.1 Å². The SMILES string of the molecule is O=C1c2ccccc2C(C2(O)c3ccccc3C(=NCCO)N2CCO)N1CCO. The van der Waals surface area contributed by atoms with E-state index >= 15 is 0 Å². The fourth-order valence-corrected chi connectivity index (χ4v) is 4.59. The highest BCUT2D eigenvalue weighted by Gasteiger charge is 2.58. The Morgan fingerprint density at radius 1 is 0.900 bits per heavy atom. The summed E-state index contributed by atoms with van der Waals surface area (Å²) in [6.45, 7) is -0.370. The average Bonchev–Trinajstić information content (AvgIpc) is 3.18. The van der Waals surface area contributed by atoms with Gasteiger partial charge in [-0.25, -0.2) is 0 Å². The van der Waals surface area contributed by atoms with Gasteiger partial charge in [-0.2, -0.15) is 0 Å². The van der Waals surface area contributed by atoms with Gasteiger partial charge in [0.25, 0.3) is 5.91 Å². The van der Waals surface area contributed by atoms with Gasteiger partial charge in [0.1, 0.15) is 11.9 Å². The van der Waals surface area contributed by atoms with Crippen molar-refractivity contribution in [3.05, 3.63) is 70.8 Å². The molecule has 2 unspecified atom stereocenters. The highest BCUT2D eigenvalue weighted by Crippen LogP contribution is 2.51. The van der Waals surface area contributed by atoms with Crippen LogP contribution in [0.1, 0.15) is 33.1 Å². The lowest BCUT2D eigenvalue weighted by molar-refractivity contribution is -0.128. The first-order valence-electron chi connectivity index (χ1n) is 9.96. The number of rotatable bonds is 7. The maximum Gasteiger partial charge on any atom is 0.254 e. The molecule has 4 rings (SSSR count). The van der Waals surface area contributed by atoms with E-state index in [4.69, 9.17) is 0 Å². The molecule has 8 nitrogen and oxygen atoms in total. The van der Waals surface area contributed by atoms with Crippen LogP contribution in [0.15, 0.2) is 53.5 Å². The Kier molecular flexibility index (Phi) is 5.57. The molecule has 8 heteroatoms. The smallest absolute Gasteiger partial charge is 0.254 e. The maximum absolute atomic E-state index is 13.1. The number of β-amino-alcohol motifs (C(OH)–C–C–N with tert-alkyl or cyclic N) is 2. The lowest BCUT2D eigenvalue weighted by Gasteiger charge is -2.43. The number of amidine groups is 1. The monoisotopic (exact) mass is 411 g/mol. The summed E-state index contributed by atoms with van der Waals surface area (Å²) in [6, 6.07) is 13.5. The molecule has 0 saturated carbocycles. The molecule has 2 aromatic carbocycles. The molecule has 2 atom stereocenters. The number of benzene rings is 2. The van der Waals surface area contributed by atoms with Crippen molar-refractivity contribution >= 4 is 11.7 Å². The van der Waals surface area contributed by atoms with Crippen molar-refractivity contribution in [2.75, 3.05) is 39.5 Å². The van der Waals surface area contributed by atoms with Crippen LogP contribution in [-0.4, -0.2) is 81.4 Å². The minimum Gasteiger partial charge on any atom is -0.395 e. The number of nitrogens with zero attached hydrogens (tertiary/aromatic N) is 3. The Hall–Kier alpha value is -2.78. The maximum atomic E-state index is 13.1. The van der Waals surface area contributed by atoms with Gasteiger partial charge in [0, 0.05) is 29.8 Å². The van der Waals surface area contributed by atoms with E-state index in [1.54, 1.807) is 35.2 Å². The summed E-state index contributed by atoms with van der Waals surface area (Å²) >= 11 is 0. The number of aliphatic imine (C=N–C) groups is 1. The van der Waals surface area contributed by atoms with Gasteiger partial charge in [-0.15, -0.1) is 0 Å². The van der Waals surface area contributed by atoms with Gasteiger partial charge in [0.05, 0.1) is 26.4 Å². The third-order valence-electron chi connectivity index (χ3n) is 5.70. The fourth-order valence-electron chi connectivity index (χ4n) is 4.59. The third kappa shape index (κ3) is 2.92. The molecule has 2 aliphatic heterocycles. The van der Waals surface area contributed by atoms with Crippen molar-refractivity contribution in [2.45, 2.75) is 11.8 Å². The van der Waals surface area contributed by atoms with Gasteiger partial charge >= 0.3 is 0 Å². The van der Waals surface area contributed by atoms with Crippen LogP contribution in [0.25, 0.3) is 0 Å². The molecule has 1 amide bonds. The molecule has 0 bridgehead atoms. The van der Waals surface area contributed by atoms with Crippen LogP contribution in [0.3, 0.4) is 0 Å². The second kappa shape index (κ2) is 8.16. The van der Waals surface area contributed by atoms with Crippen LogP contribution in [0.2, 0.25) is 0 Å². The van der Waals surface area contributed by atoms with Crippen LogP contribution in [0, 0.1) is 0 Å². The second-order valence-electron chi connectivity index (χ2n) is 7.29. The van der Waals surface area contributed by atoms with Crippen molar-refractivity contribution in [3.8, 4) is 0 Å². The summed E-state index contributed by atoms with van der Waals surface area (Å²) in [4.78, 5) is 20.6. The summed E-state index contributed by atoms with van der Waals surface area (Å²) in [5.74, 6) is 0.192. The highest BCUT2D eigenvalue weighted by molar-refractivity contribution is 6.05. The summed E-state index contributed by atoms with van der Waals surface area (Å²) in [5.41, 5.74) is 0.673. The first-order chi connectivity index (χ1) is 14.6. The van der Waals surface area contributed by atoms with Crippen LogP contribution in [0.5, 0.6) is 0 Å². The fraction of sp³-hybridized carbons (Fsp3) is 0.364. The molecule has 30 heavy (non-hydrogen) atoms. The van der Waals surface area contributed by atoms with Crippen LogP contribution < -0.4 is 0 Å². The zero-order valence-electron chi connectivity index (χ0n) is 16.5. The van der Waals surface area contributed by atoms with Crippen molar-refractivity contribution in [3.63, 3.8) is 0 Å². The number of carbonyl (C=O) groups is 1. The zero-order valence-corrected chi connectivity index (χ0v) is 16.5. The number of aliphatic hydroxyl groups is 4. The molecule has 2 heterocycles. The Morgan fingerprint density at radius 3 is 2.27 bits per heavy atom. The van der Waals surface area contributed by atoms with E-state index in [9.17, 15) is 25.2 Å². The minimum absolute atomic E-state index is 0.0543. The van der Waals surface area contributed by atoms with Gasteiger partial charge in [-0.05, 0) is 11.6 Å². The molecular weight excluding hydrogens is 386 g/mol. The predicted molar refractivity (Wildman–Crippen MR) is 110 cm³/mol. The number of amides is 1. The van der Waals surface area contributed by atoms with Crippen molar-refractivity contribution in [2.24, 2.45) is 4.99 Å². The Labute approximate surface area is 174 Å². The van der Waals surface area contributed by atoms with E-state index in [1.165, 1.54) is 4.90 Å². The van der Waals surface area contributed by atoms with Gasteiger partial charge in [0.2, 0.25) is 0 Å². The molecule has 0 aromatic heterocycles. The van der Waals surface area contributed by atoms with Gasteiger partial charge in [-0.3, -0.25) is 9.79 Å². The quantitative estimate of drug-likeness (QED) is 0.512. The van der Waals surface area contributed by atoms with E-state index in [2.05, 4.69) is 4.99 Å². The zero-order chi connectivity index (χ0) is 21.3. The average molecular weight is 411 g/mol. The van der Waals surface area contributed by atoms with Gasteiger partial charge in [-0.1, -0.05) is 42.5 Å². The molecule has 0 spiro atoms. The second-order valence-corrected chi connectivity index (χ2v) is 7.29. The van der Waals surface area contributed by atoms with Crippen molar-refractivity contribution in [1.29, 1.82) is 0 Å². The molecule has 0 saturated heterocycles. The van der Waals surface area contributed by atoms with E-state index in [0.717, 1.165) is 0 Å². The first kappa shape index (κ1) is 20.5. The van der Waals surface area contributed by atoms with Gasteiger partial charge in [0.15, 0.2) is 5.72 Å². The number of hydrogen-bond acceptors (Lipinski definition) is 6. The number of carbonyl (C=O) groups excluding carboxylic acids is 1. The summed E-state index contributed by atoms with van der Waals surface area (Å²) < 4.78 is 0. The lowest BCUT2D eigenvalue weighted by atomic mass is 9.89. The highest BCUT2D eigenvalue weighted by atomic mass is 16.3. The van der Waals surface area contributed by atoms with Crippen molar-refractivity contribution in [1.82, 2.24) is 9.80 Å². The van der Waals surface area contributed by atoms with E-state index in [1.807, 2.05) is 18.2 Å². The lowest BCUT2D eigenvalue weighted by Crippen LogP contribution is -2.54. The standard InChI is InChI=1S/C22H25N3O5/c26-12-9-23-20-17-7-3-4-8-18(17)22(30,25(20)11-14-28)19-15-5-1-2-6-16(15)21(29)24(19)10-13-27/h1-8,19,26-28,30H,9-14H2. The molecule has 2 aromatic rings. The number of fused-ring (bicyclic) bond motifs is 2. The van der Waals surface area contributed by atoms with Crippen LogP contribution >= 0.6 is 0 Å².